The number of nitrogens with one attached hydrogen (secondary N) is 2. The van der Waals surface area contributed by atoms with Crippen LogP contribution in [0.25, 0.3) is 0 Å². The second-order valence-corrected chi connectivity index (χ2v) is 10.3. The minimum atomic E-state index is -0.423. The van der Waals surface area contributed by atoms with Gasteiger partial charge in [0, 0.05) is 24.2 Å². The number of hydrogen-bond donors (Lipinski definition) is 4. The molecule has 180 valence electrons. The van der Waals surface area contributed by atoms with Crippen molar-refractivity contribution in [3.05, 3.63) is 20.4 Å². The molecule has 0 aromatic heterocycles. The second-order valence-electron chi connectivity index (χ2n) is 10.3. The van der Waals surface area contributed by atoms with Gasteiger partial charge in [0.25, 0.3) is 10.9 Å². The van der Waals surface area contributed by atoms with E-state index >= 15 is 0 Å². The third-order valence-corrected chi connectivity index (χ3v) is 5.62. The summed E-state index contributed by atoms with van der Waals surface area (Å²) in [5.74, 6) is 0. The van der Waals surface area contributed by atoms with Gasteiger partial charge in [-0.05, 0) is 100 Å². The van der Waals surface area contributed by atoms with Gasteiger partial charge in [-0.2, -0.15) is 0 Å². The molecule has 1 aromatic rings. The van der Waals surface area contributed by atoms with Gasteiger partial charge in [0.2, 0.25) is 0 Å². The molecule has 8 nitrogen and oxygen atoms in total. The van der Waals surface area contributed by atoms with E-state index < -0.39 is 10.9 Å². The van der Waals surface area contributed by atoms with Crippen LogP contribution in [0, 0.1) is 0 Å². The fourth-order valence-electron chi connectivity index (χ4n) is 3.50. The maximum Gasteiger partial charge on any atom is 0.253 e. The zero-order chi connectivity index (χ0) is 23.7. The Morgan fingerprint density at radius 3 is 1.97 bits per heavy atom. The number of hydrogen-bond acceptors (Lipinski definition) is 8. The summed E-state index contributed by atoms with van der Waals surface area (Å²) in [6.07, 6.45) is 4.78. The van der Waals surface area contributed by atoms with Crippen LogP contribution in [0.2, 0.25) is 0 Å². The molecule has 0 amide bonds. The van der Waals surface area contributed by atoms with Gasteiger partial charge < -0.3 is 31.9 Å². The molecule has 0 saturated carbocycles. The average molecular weight is 439 g/mol. The Hall–Kier alpha value is -1.48. The lowest BCUT2D eigenvalue weighted by Gasteiger charge is -2.31. The van der Waals surface area contributed by atoms with Crippen molar-refractivity contribution in [1.29, 1.82) is 0 Å². The summed E-state index contributed by atoms with van der Waals surface area (Å²) in [5, 5.41) is 6.48. The molecule has 1 rings (SSSR count). The molecule has 0 fully saturated rings. The second kappa shape index (κ2) is 12.5. The highest BCUT2D eigenvalue weighted by atomic mass is 16.2. The van der Waals surface area contributed by atoms with Crippen molar-refractivity contribution >= 4 is 11.4 Å². The van der Waals surface area contributed by atoms with Crippen LogP contribution in [-0.4, -0.2) is 74.2 Å². The van der Waals surface area contributed by atoms with E-state index in [-0.39, 0.29) is 11.1 Å². The van der Waals surface area contributed by atoms with Crippen molar-refractivity contribution in [3.8, 4) is 0 Å². The van der Waals surface area contributed by atoms with Gasteiger partial charge in [-0.1, -0.05) is 0 Å². The Balaban J connectivity index is 2.43. The Morgan fingerprint density at radius 2 is 1.35 bits per heavy atom. The molecule has 0 radical (unpaired) electrons. The van der Waals surface area contributed by atoms with Crippen molar-refractivity contribution in [2.45, 2.75) is 70.9 Å². The maximum absolute atomic E-state index is 12.1. The van der Waals surface area contributed by atoms with E-state index in [2.05, 4.69) is 62.2 Å². The molecule has 0 heterocycles. The highest BCUT2D eigenvalue weighted by molar-refractivity contribution is 5.74. The summed E-state index contributed by atoms with van der Waals surface area (Å²) >= 11 is 0. The predicted molar refractivity (Wildman–Crippen MR) is 133 cm³/mol. The highest BCUT2D eigenvalue weighted by Crippen LogP contribution is 2.22. The fraction of sp³-hybridized carbons (Fsp3) is 0.826. The molecule has 31 heavy (non-hydrogen) atoms. The molecular formula is C23H46N6O2. The quantitative estimate of drug-likeness (QED) is 0.213. The summed E-state index contributed by atoms with van der Waals surface area (Å²) in [6, 6.07) is 0. The molecule has 0 unspecified atom stereocenters. The van der Waals surface area contributed by atoms with Gasteiger partial charge in [0.15, 0.2) is 0 Å². The van der Waals surface area contributed by atoms with Crippen LogP contribution in [0.5, 0.6) is 0 Å². The number of nitrogens with two attached hydrogens (primary N) is 2. The first-order valence-corrected chi connectivity index (χ1v) is 11.6. The monoisotopic (exact) mass is 438 g/mol. The van der Waals surface area contributed by atoms with Crippen LogP contribution in [0.3, 0.4) is 0 Å². The van der Waals surface area contributed by atoms with Crippen LogP contribution in [0.4, 0.5) is 11.4 Å². The van der Waals surface area contributed by atoms with Crippen LogP contribution < -0.4 is 33.0 Å². The van der Waals surface area contributed by atoms with E-state index in [0.29, 0.717) is 24.5 Å². The van der Waals surface area contributed by atoms with Crippen LogP contribution in [0.1, 0.15) is 59.8 Å². The van der Waals surface area contributed by atoms with Crippen LogP contribution in [-0.2, 0) is 0 Å². The van der Waals surface area contributed by atoms with Gasteiger partial charge in [0.1, 0.15) is 11.4 Å². The Labute approximate surface area is 188 Å². The standard InChI is InChI=1S/C23H46N6O2/c1-22(2,25)10-7-14-28(5)16-9-13-26-18-19(21(31)20(18)30)27-23(3,4)11-17-29(6)15-8-12-24/h26-27H,7-17,24-25H2,1-6H3. The van der Waals surface area contributed by atoms with Gasteiger partial charge in [0.05, 0.1) is 0 Å². The van der Waals surface area contributed by atoms with Crippen molar-refractivity contribution in [2.75, 3.05) is 64.0 Å². The number of anilines is 2. The summed E-state index contributed by atoms with van der Waals surface area (Å²) in [4.78, 5) is 28.7. The van der Waals surface area contributed by atoms with E-state index in [0.717, 1.165) is 58.3 Å². The van der Waals surface area contributed by atoms with Crippen molar-refractivity contribution in [1.82, 2.24) is 9.80 Å². The molecular weight excluding hydrogens is 392 g/mol. The predicted octanol–water partition coefficient (Wildman–Crippen LogP) is 1.40. The minimum Gasteiger partial charge on any atom is -0.380 e. The summed E-state index contributed by atoms with van der Waals surface area (Å²) in [7, 11) is 4.17. The van der Waals surface area contributed by atoms with E-state index in [1.807, 2.05) is 0 Å². The van der Waals surface area contributed by atoms with Gasteiger partial charge in [-0.15, -0.1) is 0 Å². The average Bonchev–Trinajstić information content (AvgIpc) is 2.68. The first kappa shape index (κ1) is 27.6. The lowest BCUT2D eigenvalue weighted by molar-refractivity contribution is 0.301. The van der Waals surface area contributed by atoms with Gasteiger partial charge in [-0.3, -0.25) is 9.59 Å². The van der Waals surface area contributed by atoms with E-state index in [9.17, 15) is 9.59 Å². The lowest BCUT2D eigenvalue weighted by Crippen LogP contribution is -2.44. The normalized spacial score (nSPS) is 12.8. The van der Waals surface area contributed by atoms with E-state index in [1.165, 1.54) is 0 Å². The molecule has 0 bridgehead atoms. The van der Waals surface area contributed by atoms with E-state index in [4.69, 9.17) is 11.5 Å². The summed E-state index contributed by atoms with van der Waals surface area (Å²) in [5.41, 5.74) is 11.2. The highest BCUT2D eigenvalue weighted by Gasteiger charge is 2.27. The van der Waals surface area contributed by atoms with Gasteiger partial charge >= 0.3 is 0 Å². The van der Waals surface area contributed by atoms with Crippen molar-refractivity contribution in [3.63, 3.8) is 0 Å². The smallest absolute Gasteiger partial charge is 0.253 e. The number of rotatable bonds is 17. The SMILES string of the molecule is CN(CCCNc1c(NC(C)(C)CCN(C)CCCN)c(=O)c1=O)CCCC(C)(C)N. The number of nitrogens with zero attached hydrogens (tertiary/aromatic N) is 2. The molecule has 0 aliphatic carbocycles. The largest absolute Gasteiger partial charge is 0.380 e. The fourth-order valence-corrected chi connectivity index (χ4v) is 3.50. The molecule has 0 saturated heterocycles. The molecule has 0 aliphatic heterocycles. The third kappa shape index (κ3) is 10.6. The molecule has 0 aliphatic rings. The lowest BCUT2D eigenvalue weighted by atomic mass is 9.98. The van der Waals surface area contributed by atoms with E-state index in [1.54, 1.807) is 0 Å². The molecule has 0 atom stereocenters. The zero-order valence-electron chi connectivity index (χ0n) is 20.6. The summed E-state index contributed by atoms with van der Waals surface area (Å²) < 4.78 is 0. The molecule has 1 aromatic carbocycles. The van der Waals surface area contributed by atoms with Crippen LogP contribution >= 0.6 is 0 Å². The Kier molecular flexibility index (Phi) is 11.1. The first-order chi connectivity index (χ1) is 14.4. The minimum absolute atomic E-state index is 0.122. The van der Waals surface area contributed by atoms with Crippen molar-refractivity contribution < 1.29 is 0 Å². The van der Waals surface area contributed by atoms with Crippen molar-refractivity contribution in [2.24, 2.45) is 11.5 Å². The van der Waals surface area contributed by atoms with Gasteiger partial charge in [-0.25, -0.2) is 0 Å². The Morgan fingerprint density at radius 1 is 0.806 bits per heavy atom. The summed E-state index contributed by atoms with van der Waals surface area (Å²) in [6.45, 7) is 13.3. The molecule has 0 spiro atoms. The first-order valence-electron chi connectivity index (χ1n) is 11.6. The van der Waals surface area contributed by atoms with Crippen LogP contribution in [0.15, 0.2) is 9.59 Å². The molecule has 6 N–H and O–H groups in total. The topological polar surface area (TPSA) is 117 Å². The third-order valence-electron chi connectivity index (χ3n) is 5.62. The zero-order valence-corrected chi connectivity index (χ0v) is 20.6. The molecule has 8 heteroatoms. The maximum atomic E-state index is 12.1. The Bertz CT molecular complexity index is 719.